The van der Waals surface area contributed by atoms with Gasteiger partial charge in [-0.25, -0.2) is 8.42 Å². The van der Waals surface area contributed by atoms with Gasteiger partial charge in [0.15, 0.2) is 0 Å². The molecule has 1 rings (SSSR count). The van der Waals surface area contributed by atoms with Crippen LogP contribution in [0, 0.1) is 12.3 Å². The molecule has 0 aliphatic carbocycles. The fourth-order valence-corrected chi connectivity index (χ4v) is 2.39. The molecule has 0 aliphatic heterocycles. The van der Waals surface area contributed by atoms with Crippen LogP contribution in [0.1, 0.15) is 6.92 Å². The molecular weight excluding hydrogens is 252 g/mol. The van der Waals surface area contributed by atoms with E-state index in [1.54, 1.807) is 0 Å². The zero-order valence-electron chi connectivity index (χ0n) is 10.2. The van der Waals surface area contributed by atoms with Crippen molar-refractivity contribution < 1.29 is 13.2 Å². The zero-order chi connectivity index (χ0) is 13.8. The largest absolute Gasteiger partial charge is 0.326 e. The van der Waals surface area contributed by atoms with Crippen LogP contribution in [-0.4, -0.2) is 32.2 Å². The molecule has 1 aromatic rings. The topological polar surface area (TPSA) is 66.5 Å². The predicted octanol–water partition coefficient (Wildman–Crippen LogP) is 0.899. The van der Waals surface area contributed by atoms with Gasteiger partial charge < -0.3 is 5.32 Å². The average molecular weight is 266 g/mol. The molecule has 5 nitrogen and oxygen atoms in total. The van der Waals surface area contributed by atoms with Gasteiger partial charge in [-0.15, -0.1) is 6.42 Å². The van der Waals surface area contributed by atoms with Crippen molar-refractivity contribution in [2.24, 2.45) is 0 Å². The minimum atomic E-state index is -3.57. The maximum atomic E-state index is 12.0. The van der Waals surface area contributed by atoms with E-state index >= 15 is 0 Å². The second-order valence-corrected chi connectivity index (χ2v) is 5.72. The van der Waals surface area contributed by atoms with Crippen LogP contribution in [0.5, 0.6) is 0 Å². The third-order valence-corrected chi connectivity index (χ3v) is 4.01. The van der Waals surface area contributed by atoms with E-state index in [1.807, 2.05) is 0 Å². The minimum Gasteiger partial charge on any atom is -0.326 e. The van der Waals surface area contributed by atoms with E-state index < -0.39 is 10.0 Å². The van der Waals surface area contributed by atoms with E-state index in [1.165, 1.54) is 38.2 Å². The Morgan fingerprint density at radius 1 is 1.39 bits per heavy atom. The van der Waals surface area contributed by atoms with Gasteiger partial charge in [0.2, 0.25) is 15.9 Å². The van der Waals surface area contributed by atoms with Gasteiger partial charge in [0.25, 0.3) is 0 Å². The Labute approximate surface area is 107 Å². The van der Waals surface area contributed by atoms with E-state index in [0.717, 1.165) is 4.31 Å². The van der Waals surface area contributed by atoms with Crippen LogP contribution in [0.4, 0.5) is 5.69 Å². The summed E-state index contributed by atoms with van der Waals surface area (Å²) in [6.07, 6.45) is 5.08. The second-order valence-electron chi connectivity index (χ2n) is 3.67. The normalized spacial score (nSPS) is 11.0. The summed E-state index contributed by atoms with van der Waals surface area (Å²) in [6.45, 7) is 1.39. The summed E-state index contributed by atoms with van der Waals surface area (Å²) in [5.41, 5.74) is 0.543. The highest BCUT2D eigenvalue weighted by Crippen LogP contribution is 2.17. The van der Waals surface area contributed by atoms with Crippen LogP contribution in [0.15, 0.2) is 29.2 Å². The van der Waals surface area contributed by atoms with Crippen LogP contribution in [0.25, 0.3) is 0 Å². The Balaban J connectivity index is 2.98. The number of hydrogen-bond donors (Lipinski definition) is 1. The number of carbonyl (C=O) groups excluding carboxylic acids is 1. The molecule has 96 valence electrons. The minimum absolute atomic E-state index is 0.00970. The van der Waals surface area contributed by atoms with E-state index in [2.05, 4.69) is 11.2 Å². The molecule has 0 saturated carbocycles. The molecule has 0 saturated heterocycles. The number of nitrogens with one attached hydrogen (secondary N) is 1. The van der Waals surface area contributed by atoms with Gasteiger partial charge >= 0.3 is 0 Å². The lowest BCUT2D eigenvalue weighted by molar-refractivity contribution is -0.114. The van der Waals surface area contributed by atoms with Gasteiger partial charge in [-0.1, -0.05) is 5.92 Å². The summed E-state index contributed by atoms with van der Waals surface area (Å²) in [5.74, 6) is 2.06. The highest BCUT2D eigenvalue weighted by atomic mass is 32.2. The van der Waals surface area contributed by atoms with Crippen molar-refractivity contribution in [1.29, 1.82) is 0 Å². The molecule has 0 aliphatic rings. The first kappa shape index (κ1) is 14.2. The van der Waals surface area contributed by atoms with Crippen molar-refractivity contribution in [3.63, 3.8) is 0 Å². The molecule has 1 aromatic carbocycles. The third kappa shape index (κ3) is 3.32. The van der Waals surface area contributed by atoms with Crippen molar-refractivity contribution >= 4 is 21.6 Å². The third-order valence-electron chi connectivity index (χ3n) is 2.20. The highest BCUT2D eigenvalue weighted by Gasteiger charge is 2.19. The number of amides is 1. The van der Waals surface area contributed by atoms with Crippen LogP contribution in [-0.2, 0) is 14.8 Å². The molecule has 0 bridgehead atoms. The van der Waals surface area contributed by atoms with Gasteiger partial charge in [-0.3, -0.25) is 4.79 Å². The number of nitrogens with zero attached hydrogens (tertiary/aromatic N) is 1. The lowest BCUT2D eigenvalue weighted by Gasteiger charge is -2.14. The van der Waals surface area contributed by atoms with E-state index in [9.17, 15) is 13.2 Å². The first-order valence-electron chi connectivity index (χ1n) is 5.15. The van der Waals surface area contributed by atoms with Crippen LogP contribution >= 0.6 is 0 Å². The summed E-state index contributed by atoms with van der Waals surface area (Å²) in [5, 5.41) is 2.56. The Kier molecular flexibility index (Phi) is 4.48. The van der Waals surface area contributed by atoms with Crippen molar-refractivity contribution in [2.75, 3.05) is 18.9 Å². The van der Waals surface area contributed by atoms with Crippen LogP contribution < -0.4 is 5.32 Å². The van der Waals surface area contributed by atoms with Gasteiger partial charge in [-0.2, -0.15) is 4.31 Å². The Morgan fingerprint density at radius 2 is 1.94 bits per heavy atom. The van der Waals surface area contributed by atoms with Gasteiger partial charge in [0, 0.05) is 19.7 Å². The molecule has 0 aromatic heterocycles. The average Bonchev–Trinajstić information content (AvgIpc) is 2.29. The van der Waals surface area contributed by atoms with E-state index in [4.69, 9.17) is 6.42 Å². The SMILES string of the molecule is C#CCN(C)S(=O)(=O)c1ccc(NC(C)=O)cc1. The quantitative estimate of drug-likeness (QED) is 0.823. The highest BCUT2D eigenvalue weighted by molar-refractivity contribution is 7.89. The molecule has 0 unspecified atom stereocenters. The summed E-state index contributed by atoms with van der Waals surface area (Å²) < 4.78 is 25.1. The van der Waals surface area contributed by atoms with Crippen LogP contribution in [0.3, 0.4) is 0 Å². The number of carbonyl (C=O) groups is 1. The molecule has 0 radical (unpaired) electrons. The first-order valence-corrected chi connectivity index (χ1v) is 6.59. The predicted molar refractivity (Wildman–Crippen MR) is 69.4 cm³/mol. The molecule has 0 atom stereocenters. The van der Waals surface area contributed by atoms with Crippen molar-refractivity contribution in [3.8, 4) is 12.3 Å². The fourth-order valence-electron chi connectivity index (χ4n) is 1.31. The number of sulfonamides is 1. The number of terminal acetylenes is 1. The van der Waals surface area contributed by atoms with Crippen LogP contribution in [0.2, 0.25) is 0 Å². The maximum Gasteiger partial charge on any atom is 0.243 e. The second kappa shape index (κ2) is 5.67. The Bertz CT molecular complexity index is 570. The van der Waals surface area contributed by atoms with Gasteiger partial charge in [-0.05, 0) is 24.3 Å². The summed E-state index contributed by atoms with van der Waals surface area (Å²) in [6, 6.07) is 5.90. The van der Waals surface area contributed by atoms with Crippen molar-refractivity contribution in [3.05, 3.63) is 24.3 Å². The molecule has 1 N–H and O–H groups in total. The molecule has 18 heavy (non-hydrogen) atoms. The molecular formula is C12H14N2O3S. The first-order chi connectivity index (χ1) is 8.37. The standard InChI is InChI=1S/C12H14N2O3S/c1-4-9-14(3)18(16,17)12-7-5-11(6-8-12)13-10(2)15/h1,5-8H,9H2,2-3H3,(H,13,15). The fraction of sp³-hybridized carbons (Fsp3) is 0.250. The molecule has 0 spiro atoms. The number of rotatable bonds is 4. The summed E-state index contributed by atoms with van der Waals surface area (Å²) >= 11 is 0. The summed E-state index contributed by atoms with van der Waals surface area (Å²) in [7, 11) is -2.15. The molecule has 1 amide bonds. The van der Waals surface area contributed by atoms with E-state index in [-0.39, 0.29) is 17.3 Å². The number of anilines is 1. The molecule has 0 heterocycles. The lowest BCUT2D eigenvalue weighted by atomic mass is 10.3. The monoisotopic (exact) mass is 266 g/mol. The van der Waals surface area contributed by atoms with Crippen molar-refractivity contribution in [1.82, 2.24) is 4.31 Å². The van der Waals surface area contributed by atoms with Gasteiger partial charge in [0.05, 0.1) is 11.4 Å². The maximum absolute atomic E-state index is 12.0. The zero-order valence-corrected chi connectivity index (χ0v) is 11.0. The molecule has 0 fully saturated rings. The molecule has 6 heteroatoms. The Hall–Kier alpha value is -1.84. The summed E-state index contributed by atoms with van der Waals surface area (Å²) in [4.78, 5) is 11.0. The number of hydrogen-bond acceptors (Lipinski definition) is 3. The Morgan fingerprint density at radius 3 is 2.39 bits per heavy atom. The van der Waals surface area contributed by atoms with Crippen molar-refractivity contribution in [2.45, 2.75) is 11.8 Å². The smallest absolute Gasteiger partial charge is 0.243 e. The van der Waals surface area contributed by atoms with Gasteiger partial charge in [0.1, 0.15) is 0 Å². The van der Waals surface area contributed by atoms with E-state index in [0.29, 0.717) is 5.69 Å². The number of benzene rings is 1. The lowest BCUT2D eigenvalue weighted by Crippen LogP contribution is -2.27.